The zero-order valence-corrected chi connectivity index (χ0v) is 8.78. The van der Waals surface area contributed by atoms with Crippen LogP contribution in [0.25, 0.3) is 0 Å². The molecule has 0 aliphatic carbocycles. The molecule has 0 aliphatic heterocycles. The number of hydrogen-bond acceptors (Lipinski definition) is 3. The lowest BCUT2D eigenvalue weighted by atomic mass is 10.0. The molecule has 0 spiro atoms. The highest BCUT2D eigenvalue weighted by Gasteiger charge is 2.10. The Kier molecular flexibility index (Phi) is 5.39. The molecule has 0 fully saturated rings. The van der Waals surface area contributed by atoms with Crippen molar-refractivity contribution in [2.24, 2.45) is 17.6 Å². The van der Waals surface area contributed by atoms with Crippen LogP contribution in [0.2, 0.25) is 0 Å². The molecule has 13 heavy (non-hydrogen) atoms. The Labute approximate surface area is 79.9 Å². The van der Waals surface area contributed by atoms with Crippen molar-refractivity contribution in [1.82, 2.24) is 0 Å². The van der Waals surface area contributed by atoms with Crippen molar-refractivity contribution in [2.75, 3.05) is 7.11 Å². The summed E-state index contributed by atoms with van der Waals surface area (Å²) in [5, 5.41) is 0. The van der Waals surface area contributed by atoms with Gasteiger partial charge in [-0.2, -0.15) is 0 Å². The van der Waals surface area contributed by atoms with Gasteiger partial charge in [0.25, 0.3) is 0 Å². The minimum Gasteiger partial charge on any atom is -0.469 e. The minimum absolute atomic E-state index is 0.00658. The van der Waals surface area contributed by atoms with Crippen LogP contribution in [0, 0.1) is 11.8 Å². The van der Waals surface area contributed by atoms with E-state index in [2.05, 4.69) is 4.74 Å². The van der Waals surface area contributed by atoms with Crippen molar-refractivity contribution in [3.05, 3.63) is 12.2 Å². The summed E-state index contributed by atoms with van der Waals surface area (Å²) in [6, 6.07) is 0.00658. The lowest BCUT2D eigenvalue weighted by molar-refractivity contribution is -0.143. The van der Waals surface area contributed by atoms with E-state index in [0.29, 0.717) is 5.92 Å². The smallest absolute Gasteiger partial charge is 0.312 e. The Balaban J connectivity index is 4.03. The van der Waals surface area contributed by atoms with Crippen molar-refractivity contribution in [3.63, 3.8) is 0 Å². The monoisotopic (exact) mass is 185 g/mol. The summed E-state index contributed by atoms with van der Waals surface area (Å²) in [5.41, 5.74) is 5.77. The molecule has 0 rings (SSSR count). The topological polar surface area (TPSA) is 52.3 Å². The molecule has 0 bridgehead atoms. The molecule has 0 amide bonds. The van der Waals surface area contributed by atoms with Crippen LogP contribution >= 0.6 is 0 Å². The number of hydrogen-bond donors (Lipinski definition) is 1. The van der Waals surface area contributed by atoms with Crippen molar-refractivity contribution < 1.29 is 9.53 Å². The van der Waals surface area contributed by atoms with E-state index in [4.69, 9.17) is 5.73 Å². The van der Waals surface area contributed by atoms with Gasteiger partial charge in [0.05, 0.1) is 13.0 Å². The highest BCUT2D eigenvalue weighted by atomic mass is 16.5. The first-order chi connectivity index (χ1) is 5.99. The fourth-order valence-corrected chi connectivity index (χ4v) is 0.782. The number of esters is 1. The quantitative estimate of drug-likeness (QED) is 0.531. The van der Waals surface area contributed by atoms with E-state index in [1.165, 1.54) is 7.11 Å². The zero-order valence-electron chi connectivity index (χ0n) is 8.78. The SMILES string of the molecule is COC(=O)[C@@H](C)/C=C/[C@H](N)C(C)C. The molecule has 3 heteroatoms. The van der Waals surface area contributed by atoms with Gasteiger partial charge in [0.15, 0.2) is 0 Å². The van der Waals surface area contributed by atoms with E-state index in [0.717, 1.165) is 0 Å². The Hall–Kier alpha value is -0.830. The van der Waals surface area contributed by atoms with Crippen LogP contribution in [0.3, 0.4) is 0 Å². The molecule has 3 nitrogen and oxygen atoms in total. The van der Waals surface area contributed by atoms with E-state index in [1.807, 2.05) is 19.9 Å². The maximum atomic E-state index is 11.0. The van der Waals surface area contributed by atoms with Gasteiger partial charge in [0.1, 0.15) is 0 Å². The van der Waals surface area contributed by atoms with Crippen LogP contribution in [0.5, 0.6) is 0 Å². The molecule has 0 saturated heterocycles. The minimum atomic E-state index is -0.229. The fourth-order valence-electron chi connectivity index (χ4n) is 0.782. The molecule has 0 unspecified atom stereocenters. The summed E-state index contributed by atoms with van der Waals surface area (Å²) in [6.07, 6.45) is 3.64. The van der Waals surface area contributed by atoms with Gasteiger partial charge in [-0.1, -0.05) is 26.0 Å². The maximum absolute atomic E-state index is 11.0. The van der Waals surface area contributed by atoms with Crippen molar-refractivity contribution in [2.45, 2.75) is 26.8 Å². The first-order valence-corrected chi connectivity index (χ1v) is 4.50. The summed E-state index contributed by atoms with van der Waals surface area (Å²) in [4.78, 5) is 11.0. The second-order valence-electron chi connectivity index (χ2n) is 3.52. The number of nitrogens with two attached hydrogens (primary N) is 1. The van der Waals surface area contributed by atoms with E-state index in [9.17, 15) is 4.79 Å². The van der Waals surface area contributed by atoms with Gasteiger partial charge in [-0.25, -0.2) is 0 Å². The maximum Gasteiger partial charge on any atom is 0.312 e. The molecule has 0 aromatic heterocycles. The molecular formula is C10H19NO2. The molecule has 2 atom stereocenters. The molecule has 76 valence electrons. The van der Waals surface area contributed by atoms with Gasteiger partial charge in [-0.3, -0.25) is 4.79 Å². The summed E-state index contributed by atoms with van der Waals surface area (Å²) in [5.74, 6) is -0.0527. The zero-order chi connectivity index (χ0) is 10.4. The number of carbonyl (C=O) groups is 1. The van der Waals surface area contributed by atoms with Crippen molar-refractivity contribution in [1.29, 1.82) is 0 Å². The summed E-state index contributed by atoms with van der Waals surface area (Å²) >= 11 is 0. The first kappa shape index (κ1) is 12.2. The molecule has 0 aliphatic rings. The van der Waals surface area contributed by atoms with Crippen LogP contribution in [-0.2, 0) is 9.53 Å². The van der Waals surface area contributed by atoms with Gasteiger partial charge in [-0.15, -0.1) is 0 Å². The van der Waals surface area contributed by atoms with Gasteiger partial charge in [-0.05, 0) is 12.8 Å². The van der Waals surface area contributed by atoms with E-state index in [-0.39, 0.29) is 17.9 Å². The average molecular weight is 185 g/mol. The highest BCUT2D eigenvalue weighted by Crippen LogP contribution is 2.04. The second kappa shape index (κ2) is 5.75. The Morgan fingerprint density at radius 1 is 1.31 bits per heavy atom. The number of rotatable bonds is 4. The molecule has 0 aromatic rings. The van der Waals surface area contributed by atoms with Crippen molar-refractivity contribution >= 4 is 5.97 Å². The Bertz CT molecular complexity index is 187. The summed E-state index contributed by atoms with van der Waals surface area (Å²) in [6.45, 7) is 5.87. The summed E-state index contributed by atoms with van der Waals surface area (Å²) in [7, 11) is 1.38. The lowest BCUT2D eigenvalue weighted by Crippen LogP contribution is -2.24. The third kappa shape index (κ3) is 4.68. The first-order valence-electron chi connectivity index (χ1n) is 4.50. The molecule has 0 saturated carbocycles. The van der Waals surface area contributed by atoms with Crippen LogP contribution in [0.1, 0.15) is 20.8 Å². The molecule has 2 N–H and O–H groups in total. The van der Waals surface area contributed by atoms with Gasteiger partial charge in [0, 0.05) is 6.04 Å². The van der Waals surface area contributed by atoms with E-state index < -0.39 is 0 Å². The molecule has 0 heterocycles. The predicted octanol–water partition coefficient (Wildman–Crippen LogP) is 1.33. The Morgan fingerprint density at radius 3 is 2.23 bits per heavy atom. The van der Waals surface area contributed by atoms with E-state index >= 15 is 0 Å². The fraction of sp³-hybridized carbons (Fsp3) is 0.700. The van der Waals surface area contributed by atoms with Crippen LogP contribution in [0.15, 0.2) is 12.2 Å². The molecule has 0 aromatic carbocycles. The number of carbonyl (C=O) groups excluding carboxylic acids is 1. The highest BCUT2D eigenvalue weighted by molar-refractivity contribution is 5.73. The summed E-state index contributed by atoms with van der Waals surface area (Å²) < 4.78 is 4.57. The van der Waals surface area contributed by atoms with Gasteiger partial charge < -0.3 is 10.5 Å². The van der Waals surface area contributed by atoms with Crippen LogP contribution in [0.4, 0.5) is 0 Å². The Morgan fingerprint density at radius 2 is 1.85 bits per heavy atom. The second-order valence-corrected chi connectivity index (χ2v) is 3.52. The standard InChI is InChI=1S/C10H19NO2/c1-7(2)9(11)6-5-8(3)10(12)13-4/h5-9H,11H2,1-4H3/b6-5+/t8-,9-/m0/s1. The average Bonchev–Trinajstić information content (AvgIpc) is 2.11. The van der Waals surface area contributed by atoms with E-state index in [1.54, 1.807) is 13.0 Å². The third-order valence-electron chi connectivity index (χ3n) is 1.96. The number of ether oxygens (including phenoxy) is 1. The molecular weight excluding hydrogens is 166 g/mol. The van der Waals surface area contributed by atoms with Gasteiger partial charge in [0.2, 0.25) is 0 Å². The van der Waals surface area contributed by atoms with Crippen LogP contribution < -0.4 is 5.73 Å². The van der Waals surface area contributed by atoms with Crippen LogP contribution in [-0.4, -0.2) is 19.1 Å². The largest absolute Gasteiger partial charge is 0.469 e. The molecule has 0 radical (unpaired) electrons. The predicted molar refractivity (Wildman–Crippen MR) is 53.1 cm³/mol. The van der Waals surface area contributed by atoms with Crippen molar-refractivity contribution in [3.8, 4) is 0 Å². The lowest BCUT2D eigenvalue weighted by Gasteiger charge is -2.11. The normalized spacial score (nSPS) is 16.2. The van der Waals surface area contributed by atoms with Gasteiger partial charge >= 0.3 is 5.97 Å². The third-order valence-corrected chi connectivity index (χ3v) is 1.96. The number of methoxy groups -OCH3 is 1.